The molecule has 2 rings (SSSR count). The van der Waals surface area contributed by atoms with Gasteiger partial charge in [-0.1, -0.05) is 12.1 Å². The van der Waals surface area contributed by atoms with Gasteiger partial charge in [-0.25, -0.2) is 8.42 Å². The standard InChI is InChI=1S/C9H10O3S/c10-6-7-1-2-8-3-4-13(11,12)9(8)5-7/h1-2,5,10H,3-4,6H2. The number of hydrogen-bond donors (Lipinski definition) is 1. The maximum Gasteiger partial charge on any atom is 0.178 e. The topological polar surface area (TPSA) is 54.4 Å². The Kier molecular flexibility index (Phi) is 1.89. The van der Waals surface area contributed by atoms with E-state index in [1.54, 1.807) is 18.2 Å². The van der Waals surface area contributed by atoms with Crippen LogP contribution in [0.25, 0.3) is 0 Å². The summed E-state index contributed by atoms with van der Waals surface area (Å²) in [4.78, 5) is 0.402. The molecule has 0 saturated carbocycles. The summed E-state index contributed by atoms with van der Waals surface area (Å²) >= 11 is 0. The van der Waals surface area contributed by atoms with Crippen LogP contribution in [0.15, 0.2) is 23.1 Å². The van der Waals surface area contributed by atoms with E-state index in [0.29, 0.717) is 16.9 Å². The largest absolute Gasteiger partial charge is 0.392 e. The zero-order valence-corrected chi connectivity index (χ0v) is 7.84. The fraction of sp³-hybridized carbons (Fsp3) is 0.333. The highest BCUT2D eigenvalue weighted by atomic mass is 32.2. The van der Waals surface area contributed by atoms with Gasteiger partial charge in [0.1, 0.15) is 0 Å². The minimum atomic E-state index is -3.05. The van der Waals surface area contributed by atoms with Crippen LogP contribution in [-0.2, 0) is 22.9 Å². The average molecular weight is 198 g/mol. The average Bonchev–Trinajstić information content (AvgIpc) is 2.42. The molecule has 0 saturated heterocycles. The first-order valence-electron chi connectivity index (χ1n) is 4.09. The molecule has 13 heavy (non-hydrogen) atoms. The van der Waals surface area contributed by atoms with Crippen LogP contribution in [-0.4, -0.2) is 19.3 Å². The fourth-order valence-electron chi connectivity index (χ4n) is 1.55. The Balaban J connectivity index is 2.63. The van der Waals surface area contributed by atoms with Crippen molar-refractivity contribution in [2.75, 3.05) is 5.75 Å². The summed E-state index contributed by atoms with van der Waals surface area (Å²) < 4.78 is 22.9. The molecule has 70 valence electrons. The lowest BCUT2D eigenvalue weighted by molar-refractivity contribution is 0.281. The van der Waals surface area contributed by atoms with Crippen molar-refractivity contribution in [2.45, 2.75) is 17.9 Å². The first-order valence-corrected chi connectivity index (χ1v) is 5.74. The lowest BCUT2D eigenvalue weighted by Gasteiger charge is -2.00. The van der Waals surface area contributed by atoms with E-state index in [9.17, 15) is 8.42 Å². The Morgan fingerprint density at radius 2 is 2.15 bits per heavy atom. The van der Waals surface area contributed by atoms with Crippen LogP contribution in [0.1, 0.15) is 11.1 Å². The molecule has 1 aromatic rings. The molecule has 0 bridgehead atoms. The van der Waals surface area contributed by atoms with E-state index in [2.05, 4.69) is 0 Å². The molecule has 3 nitrogen and oxygen atoms in total. The number of fused-ring (bicyclic) bond motifs is 1. The van der Waals surface area contributed by atoms with Crippen LogP contribution in [0.2, 0.25) is 0 Å². The molecule has 0 aliphatic carbocycles. The zero-order chi connectivity index (χ0) is 9.47. The van der Waals surface area contributed by atoms with Crippen LogP contribution in [0, 0.1) is 0 Å². The first kappa shape index (κ1) is 8.72. The molecule has 0 aromatic heterocycles. The summed E-state index contributed by atoms with van der Waals surface area (Å²) in [6.07, 6.45) is 0.601. The van der Waals surface area contributed by atoms with Crippen molar-refractivity contribution in [3.05, 3.63) is 29.3 Å². The molecule has 1 aliphatic heterocycles. The monoisotopic (exact) mass is 198 g/mol. The Hall–Kier alpha value is -0.870. The lowest BCUT2D eigenvalue weighted by atomic mass is 10.1. The van der Waals surface area contributed by atoms with Crippen LogP contribution < -0.4 is 0 Å². The second-order valence-corrected chi connectivity index (χ2v) is 5.25. The highest BCUT2D eigenvalue weighted by molar-refractivity contribution is 7.91. The van der Waals surface area contributed by atoms with Crippen LogP contribution in [0.5, 0.6) is 0 Å². The maximum absolute atomic E-state index is 11.4. The van der Waals surface area contributed by atoms with Crippen molar-refractivity contribution in [1.29, 1.82) is 0 Å². The number of hydrogen-bond acceptors (Lipinski definition) is 3. The summed E-state index contributed by atoms with van der Waals surface area (Å²) in [5, 5.41) is 8.84. The summed E-state index contributed by atoms with van der Waals surface area (Å²) in [5.41, 5.74) is 1.53. The quantitative estimate of drug-likeness (QED) is 0.715. The van der Waals surface area contributed by atoms with E-state index in [0.717, 1.165) is 5.56 Å². The van der Waals surface area contributed by atoms with E-state index < -0.39 is 9.84 Å². The van der Waals surface area contributed by atoms with Crippen LogP contribution in [0.3, 0.4) is 0 Å². The van der Waals surface area contributed by atoms with Gasteiger partial charge in [-0.2, -0.15) is 0 Å². The van der Waals surface area contributed by atoms with Gasteiger partial charge in [0.15, 0.2) is 9.84 Å². The van der Waals surface area contributed by atoms with Crippen LogP contribution >= 0.6 is 0 Å². The third-order valence-electron chi connectivity index (χ3n) is 2.29. The summed E-state index contributed by atoms with van der Waals surface area (Å²) in [5.74, 6) is 0.206. The van der Waals surface area contributed by atoms with Gasteiger partial charge in [0.25, 0.3) is 0 Å². The molecule has 0 spiro atoms. The van der Waals surface area contributed by atoms with Gasteiger partial charge < -0.3 is 5.11 Å². The summed E-state index contributed by atoms with van der Waals surface area (Å²) in [6, 6.07) is 5.11. The van der Waals surface area contributed by atoms with Gasteiger partial charge in [0.05, 0.1) is 17.3 Å². The number of aryl methyl sites for hydroxylation is 1. The van der Waals surface area contributed by atoms with E-state index >= 15 is 0 Å². The molecule has 0 atom stereocenters. The van der Waals surface area contributed by atoms with Gasteiger partial charge in [0.2, 0.25) is 0 Å². The molecule has 0 unspecified atom stereocenters. The SMILES string of the molecule is O=S1(=O)CCc2ccc(CO)cc21. The van der Waals surface area contributed by atoms with Crippen molar-refractivity contribution < 1.29 is 13.5 Å². The van der Waals surface area contributed by atoms with Crippen molar-refractivity contribution in [1.82, 2.24) is 0 Å². The summed E-state index contributed by atoms with van der Waals surface area (Å²) in [7, 11) is -3.05. The Bertz CT molecular complexity index is 434. The second kappa shape index (κ2) is 2.82. The predicted molar refractivity (Wildman–Crippen MR) is 48.1 cm³/mol. The van der Waals surface area contributed by atoms with E-state index in [1.807, 2.05) is 0 Å². The second-order valence-electron chi connectivity index (χ2n) is 3.17. The number of rotatable bonds is 1. The Labute approximate surface area is 76.9 Å². The van der Waals surface area contributed by atoms with E-state index in [1.165, 1.54) is 0 Å². The minimum absolute atomic E-state index is 0.108. The molecule has 4 heteroatoms. The van der Waals surface area contributed by atoms with E-state index in [-0.39, 0.29) is 12.4 Å². The van der Waals surface area contributed by atoms with Crippen molar-refractivity contribution in [3.8, 4) is 0 Å². The van der Waals surface area contributed by atoms with Gasteiger partial charge in [-0.3, -0.25) is 0 Å². The van der Waals surface area contributed by atoms with Crippen molar-refractivity contribution >= 4 is 9.84 Å². The van der Waals surface area contributed by atoms with Crippen molar-refractivity contribution in [3.63, 3.8) is 0 Å². The molecule has 0 fully saturated rings. The van der Waals surface area contributed by atoms with Gasteiger partial charge in [0, 0.05) is 0 Å². The molecule has 1 aromatic carbocycles. The number of benzene rings is 1. The van der Waals surface area contributed by atoms with Crippen molar-refractivity contribution in [2.24, 2.45) is 0 Å². The molecule has 1 aliphatic rings. The first-order chi connectivity index (χ1) is 6.13. The number of aliphatic hydroxyl groups is 1. The molecule has 0 radical (unpaired) electrons. The van der Waals surface area contributed by atoms with Gasteiger partial charge in [-0.15, -0.1) is 0 Å². The fourth-order valence-corrected chi connectivity index (χ4v) is 3.16. The smallest absolute Gasteiger partial charge is 0.178 e. The number of aliphatic hydroxyl groups excluding tert-OH is 1. The van der Waals surface area contributed by atoms with Crippen LogP contribution in [0.4, 0.5) is 0 Å². The molecular weight excluding hydrogens is 188 g/mol. The highest BCUT2D eigenvalue weighted by Gasteiger charge is 2.25. The van der Waals surface area contributed by atoms with Gasteiger partial charge in [-0.05, 0) is 23.6 Å². The Morgan fingerprint density at radius 1 is 1.38 bits per heavy atom. The summed E-state index contributed by atoms with van der Waals surface area (Å²) in [6.45, 7) is -0.108. The molecular formula is C9H10O3S. The lowest BCUT2D eigenvalue weighted by Crippen LogP contribution is -1.99. The minimum Gasteiger partial charge on any atom is -0.392 e. The number of sulfone groups is 1. The molecule has 1 N–H and O–H groups in total. The maximum atomic E-state index is 11.4. The zero-order valence-electron chi connectivity index (χ0n) is 7.03. The Morgan fingerprint density at radius 3 is 2.85 bits per heavy atom. The predicted octanol–water partition coefficient (Wildman–Crippen LogP) is 0.509. The van der Waals surface area contributed by atoms with E-state index in [4.69, 9.17) is 5.11 Å². The normalized spacial score (nSPS) is 18.5. The third-order valence-corrected chi connectivity index (χ3v) is 4.08. The van der Waals surface area contributed by atoms with Gasteiger partial charge >= 0.3 is 0 Å². The third kappa shape index (κ3) is 1.36. The molecule has 0 amide bonds. The highest BCUT2D eigenvalue weighted by Crippen LogP contribution is 2.26. The molecule has 1 heterocycles.